The van der Waals surface area contributed by atoms with Gasteiger partial charge in [-0.25, -0.2) is 13.6 Å². The standard InChI is InChI=1S/C20H27N3O4S/c1-14-11-19(20(24)13-22(3)12-17-5-4-10-27-17)15(2)23(14)16-6-8-18(9-7-16)28(21,25)26/h6-9,11,17H,4-5,10,12-13H2,1-3H3,(H2,21,25,26). The Morgan fingerprint density at radius 2 is 1.96 bits per heavy atom. The lowest BCUT2D eigenvalue weighted by molar-refractivity contribution is 0.0740. The van der Waals surface area contributed by atoms with Gasteiger partial charge >= 0.3 is 0 Å². The number of ether oxygens (including phenoxy) is 1. The van der Waals surface area contributed by atoms with Crippen LogP contribution in [0.1, 0.15) is 34.6 Å². The fourth-order valence-corrected chi connectivity index (χ4v) is 4.27. The monoisotopic (exact) mass is 405 g/mol. The summed E-state index contributed by atoms with van der Waals surface area (Å²) in [5.74, 6) is 0.0565. The van der Waals surface area contributed by atoms with Crippen LogP contribution < -0.4 is 5.14 Å². The highest BCUT2D eigenvalue weighted by molar-refractivity contribution is 7.89. The molecule has 1 atom stereocenters. The number of hydrogen-bond donors (Lipinski definition) is 1. The van der Waals surface area contributed by atoms with Gasteiger partial charge in [-0.3, -0.25) is 9.69 Å². The van der Waals surface area contributed by atoms with Gasteiger partial charge in [-0.1, -0.05) is 0 Å². The van der Waals surface area contributed by atoms with E-state index in [2.05, 4.69) is 0 Å². The molecule has 0 spiro atoms. The molecule has 0 aliphatic carbocycles. The van der Waals surface area contributed by atoms with Gasteiger partial charge in [-0.05, 0) is 64.1 Å². The van der Waals surface area contributed by atoms with E-state index in [1.165, 1.54) is 12.1 Å². The summed E-state index contributed by atoms with van der Waals surface area (Å²) in [5, 5.41) is 5.16. The van der Waals surface area contributed by atoms with Crippen molar-refractivity contribution in [1.29, 1.82) is 0 Å². The Bertz CT molecular complexity index is 958. The van der Waals surface area contributed by atoms with E-state index >= 15 is 0 Å². The van der Waals surface area contributed by atoms with Crippen LogP contribution in [0.3, 0.4) is 0 Å². The van der Waals surface area contributed by atoms with E-state index in [9.17, 15) is 13.2 Å². The molecular formula is C20H27N3O4S. The molecule has 0 amide bonds. The van der Waals surface area contributed by atoms with Crippen molar-refractivity contribution in [3.63, 3.8) is 0 Å². The van der Waals surface area contributed by atoms with Crippen LogP contribution in [0.4, 0.5) is 0 Å². The highest BCUT2D eigenvalue weighted by Gasteiger charge is 2.21. The minimum absolute atomic E-state index is 0.0565. The number of rotatable bonds is 7. The number of aryl methyl sites for hydroxylation is 1. The van der Waals surface area contributed by atoms with Crippen LogP contribution in [0.25, 0.3) is 5.69 Å². The van der Waals surface area contributed by atoms with E-state index in [1.807, 2.05) is 36.4 Å². The van der Waals surface area contributed by atoms with Gasteiger partial charge in [-0.2, -0.15) is 0 Å². The molecule has 1 unspecified atom stereocenters. The Morgan fingerprint density at radius 3 is 2.54 bits per heavy atom. The molecule has 0 radical (unpaired) electrons. The number of carbonyl (C=O) groups excluding carboxylic acids is 1. The summed E-state index contributed by atoms with van der Waals surface area (Å²) in [4.78, 5) is 14.9. The minimum atomic E-state index is -3.73. The van der Waals surface area contributed by atoms with Gasteiger partial charge in [0.25, 0.3) is 0 Å². The van der Waals surface area contributed by atoms with Crippen molar-refractivity contribution < 1.29 is 17.9 Å². The van der Waals surface area contributed by atoms with Gasteiger partial charge < -0.3 is 9.30 Å². The molecule has 0 bridgehead atoms. The normalized spacial score (nSPS) is 17.4. The van der Waals surface area contributed by atoms with E-state index in [4.69, 9.17) is 9.88 Å². The molecule has 1 aliphatic heterocycles. The van der Waals surface area contributed by atoms with Gasteiger partial charge in [-0.15, -0.1) is 0 Å². The predicted octanol–water partition coefficient (Wildman–Crippen LogP) is 2.04. The summed E-state index contributed by atoms with van der Waals surface area (Å²) in [7, 11) is -1.80. The van der Waals surface area contributed by atoms with Crippen LogP contribution >= 0.6 is 0 Å². The number of sulfonamides is 1. The molecule has 1 aromatic heterocycles. The molecule has 3 rings (SSSR count). The van der Waals surface area contributed by atoms with Crippen LogP contribution in [-0.2, 0) is 14.8 Å². The van der Waals surface area contributed by atoms with Gasteiger partial charge in [0.15, 0.2) is 5.78 Å². The van der Waals surface area contributed by atoms with Gasteiger partial charge in [0.05, 0.1) is 17.5 Å². The third kappa shape index (κ3) is 4.52. The molecular weight excluding hydrogens is 378 g/mol. The first-order chi connectivity index (χ1) is 13.2. The third-order valence-electron chi connectivity index (χ3n) is 5.11. The molecule has 2 heterocycles. The van der Waals surface area contributed by atoms with Crippen molar-refractivity contribution in [1.82, 2.24) is 9.47 Å². The van der Waals surface area contributed by atoms with Crippen LogP contribution in [0, 0.1) is 13.8 Å². The first-order valence-corrected chi connectivity index (χ1v) is 10.9. The van der Waals surface area contributed by atoms with Crippen molar-refractivity contribution in [3.05, 3.63) is 47.3 Å². The number of benzene rings is 1. The minimum Gasteiger partial charge on any atom is -0.377 e. The van der Waals surface area contributed by atoms with Crippen molar-refractivity contribution >= 4 is 15.8 Å². The first-order valence-electron chi connectivity index (χ1n) is 9.32. The molecule has 2 aromatic rings. The number of Topliss-reactive ketones (excluding diaryl/α,β-unsaturated/α-hetero) is 1. The number of likely N-dealkylation sites (N-methyl/N-ethyl adjacent to an activating group) is 1. The Balaban J connectivity index is 1.78. The third-order valence-corrected chi connectivity index (χ3v) is 6.04. The SMILES string of the molecule is Cc1cc(C(=O)CN(C)CC2CCCO2)c(C)n1-c1ccc(S(N)(=O)=O)cc1. The molecule has 28 heavy (non-hydrogen) atoms. The van der Waals surface area contributed by atoms with E-state index in [0.717, 1.165) is 43.1 Å². The van der Waals surface area contributed by atoms with Crippen LogP contribution in [0.5, 0.6) is 0 Å². The van der Waals surface area contributed by atoms with E-state index in [0.29, 0.717) is 12.1 Å². The van der Waals surface area contributed by atoms with E-state index < -0.39 is 10.0 Å². The average molecular weight is 406 g/mol. The molecule has 2 N–H and O–H groups in total. The van der Waals surface area contributed by atoms with E-state index in [-0.39, 0.29) is 16.8 Å². The second kappa shape index (κ2) is 8.16. The fraction of sp³-hybridized carbons (Fsp3) is 0.450. The predicted molar refractivity (Wildman–Crippen MR) is 107 cm³/mol. The summed E-state index contributed by atoms with van der Waals surface area (Å²) in [5.41, 5.74) is 3.20. The molecule has 1 aromatic carbocycles. The zero-order valence-corrected chi connectivity index (χ0v) is 17.3. The largest absolute Gasteiger partial charge is 0.377 e. The summed E-state index contributed by atoms with van der Waals surface area (Å²) in [6, 6.07) is 8.21. The molecule has 0 saturated carbocycles. The molecule has 152 valence electrons. The number of ketones is 1. The topological polar surface area (TPSA) is 94.6 Å². The van der Waals surface area contributed by atoms with Gasteiger partial charge in [0.1, 0.15) is 0 Å². The zero-order valence-electron chi connectivity index (χ0n) is 16.5. The Kier molecular flexibility index (Phi) is 6.04. The van der Waals surface area contributed by atoms with Crippen molar-refractivity contribution in [2.24, 2.45) is 5.14 Å². The quantitative estimate of drug-likeness (QED) is 0.712. The number of primary sulfonamides is 1. The molecule has 1 fully saturated rings. The Hall–Kier alpha value is -2.00. The smallest absolute Gasteiger partial charge is 0.238 e. The van der Waals surface area contributed by atoms with Crippen molar-refractivity contribution in [3.8, 4) is 5.69 Å². The number of hydrogen-bond acceptors (Lipinski definition) is 5. The lowest BCUT2D eigenvalue weighted by Gasteiger charge is -2.19. The molecule has 1 saturated heterocycles. The van der Waals surface area contributed by atoms with Crippen LogP contribution in [0.15, 0.2) is 35.2 Å². The fourth-order valence-electron chi connectivity index (χ4n) is 3.76. The van der Waals surface area contributed by atoms with E-state index in [1.54, 1.807) is 12.1 Å². The lowest BCUT2D eigenvalue weighted by atomic mass is 10.1. The Labute approximate surface area is 166 Å². The van der Waals surface area contributed by atoms with Gasteiger partial charge in [0.2, 0.25) is 10.0 Å². The number of carbonyl (C=O) groups is 1. The van der Waals surface area contributed by atoms with Gasteiger partial charge in [0, 0.05) is 35.8 Å². The number of aromatic nitrogens is 1. The Morgan fingerprint density at radius 1 is 1.29 bits per heavy atom. The molecule has 7 nitrogen and oxygen atoms in total. The van der Waals surface area contributed by atoms with Crippen molar-refractivity contribution in [2.45, 2.75) is 37.7 Å². The zero-order chi connectivity index (χ0) is 20.5. The summed E-state index contributed by atoms with van der Waals surface area (Å²) >= 11 is 0. The second-order valence-electron chi connectivity index (χ2n) is 7.41. The first kappa shape index (κ1) is 20.7. The number of nitrogens with zero attached hydrogens (tertiary/aromatic N) is 2. The maximum absolute atomic E-state index is 12.8. The maximum atomic E-state index is 12.8. The van der Waals surface area contributed by atoms with Crippen molar-refractivity contribution in [2.75, 3.05) is 26.7 Å². The summed E-state index contributed by atoms with van der Waals surface area (Å²) in [6.07, 6.45) is 2.34. The summed E-state index contributed by atoms with van der Waals surface area (Å²) < 4.78 is 30.5. The maximum Gasteiger partial charge on any atom is 0.238 e. The summed E-state index contributed by atoms with van der Waals surface area (Å²) in [6.45, 7) is 5.70. The molecule has 1 aliphatic rings. The molecule has 8 heteroatoms. The second-order valence-corrected chi connectivity index (χ2v) is 8.98. The van der Waals surface area contributed by atoms with Crippen LogP contribution in [0.2, 0.25) is 0 Å². The average Bonchev–Trinajstić information content (AvgIpc) is 3.22. The highest BCUT2D eigenvalue weighted by atomic mass is 32.2. The van der Waals surface area contributed by atoms with Crippen LogP contribution in [-0.4, -0.2) is 56.5 Å². The highest BCUT2D eigenvalue weighted by Crippen LogP contribution is 2.23. The number of nitrogens with two attached hydrogens (primary N) is 1. The lowest BCUT2D eigenvalue weighted by Crippen LogP contribution is -2.33.